The SMILES string of the molecule is CC(C)(C)C(=O)Nc1ccc(CN2CCCC2)cc1. The van der Waals surface area contributed by atoms with E-state index in [0.29, 0.717) is 0 Å². The molecule has 0 saturated carbocycles. The van der Waals surface area contributed by atoms with Crippen LogP contribution in [0, 0.1) is 5.41 Å². The topological polar surface area (TPSA) is 32.3 Å². The second kappa shape index (κ2) is 5.74. The van der Waals surface area contributed by atoms with Crippen LogP contribution >= 0.6 is 0 Å². The van der Waals surface area contributed by atoms with Crippen LogP contribution in [0.25, 0.3) is 0 Å². The van der Waals surface area contributed by atoms with E-state index in [1.54, 1.807) is 0 Å². The molecule has 0 atom stereocenters. The first kappa shape index (κ1) is 14.1. The van der Waals surface area contributed by atoms with Gasteiger partial charge in [-0.25, -0.2) is 0 Å². The number of anilines is 1. The van der Waals surface area contributed by atoms with Crippen molar-refractivity contribution in [3.05, 3.63) is 29.8 Å². The molecule has 1 N–H and O–H groups in total. The number of likely N-dealkylation sites (tertiary alicyclic amines) is 1. The van der Waals surface area contributed by atoms with Gasteiger partial charge in [0.05, 0.1) is 0 Å². The van der Waals surface area contributed by atoms with Gasteiger partial charge in [0.15, 0.2) is 0 Å². The second-order valence-electron chi connectivity index (χ2n) is 6.38. The van der Waals surface area contributed by atoms with Gasteiger partial charge in [-0.2, -0.15) is 0 Å². The average Bonchev–Trinajstić information content (AvgIpc) is 2.83. The smallest absolute Gasteiger partial charge is 0.229 e. The molecule has 0 aliphatic carbocycles. The summed E-state index contributed by atoms with van der Waals surface area (Å²) in [5.41, 5.74) is 1.84. The number of rotatable bonds is 3. The summed E-state index contributed by atoms with van der Waals surface area (Å²) in [5.74, 6) is 0.0554. The lowest BCUT2D eigenvalue weighted by molar-refractivity contribution is -0.123. The van der Waals surface area contributed by atoms with Crippen LogP contribution in [0.3, 0.4) is 0 Å². The maximum absolute atomic E-state index is 11.9. The lowest BCUT2D eigenvalue weighted by Gasteiger charge is -2.18. The van der Waals surface area contributed by atoms with Crippen molar-refractivity contribution in [1.82, 2.24) is 4.90 Å². The Morgan fingerprint density at radius 3 is 2.26 bits per heavy atom. The van der Waals surface area contributed by atoms with Crippen molar-refractivity contribution in [3.63, 3.8) is 0 Å². The maximum atomic E-state index is 11.9. The summed E-state index contributed by atoms with van der Waals surface area (Å²) >= 11 is 0. The van der Waals surface area contributed by atoms with E-state index >= 15 is 0 Å². The highest BCUT2D eigenvalue weighted by Crippen LogP contribution is 2.19. The van der Waals surface area contributed by atoms with Crippen LogP contribution in [0.4, 0.5) is 5.69 Å². The number of carbonyl (C=O) groups is 1. The molecule has 0 aromatic heterocycles. The Morgan fingerprint density at radius 2 is 1.74 bits per heavy atom. The number of amides is 1. The van der Waals surface area contributed by atoms with E-state index in [4.69, 9.17) is 0 Å². The first-order valence-corrected chi connectivity index (χ1v) is 7.08. The van der Waals surface area contributed by atoms with Crippen LogP contribution < -0.4 is 5.32 Å². The zero-order valence-corrected chi connectivity index (χ0v) is 12.2. The Labute approximate surface area is 116 Å². The summed E-state index contributed by atoms with van der Waals surface area (Å²) in [4.78, 5) is 14.4. The third-order valence-corrected chi connectivity index (χ3v) is 3.50. The molecule has 1 aliphatic rings. The van der Waals surface area contributed by atoms with Gasteiger partial charge in [0, 0.05) is 17.6 Å². The van der Waals surface area contributed by atoms with Crippen molar-refractivity contribution in [2.75, 3.05) is 18.4 Å². The molecule has 2 rings (SSSR count). The molecule has 1 aromatic carbocycles. The van der Waals surface area contributed by atoms with Crippen LogP contribution in [0.2, 0.25) is 0 Å². The number of hydrogen-bond acceptors (Lipinski definition) is 2. The molecule has 1 amide bonds. The standard InChI is InChI=1S/C16H24N2O/c1-16(2,3)15(19)17-14-8-6-13(7-9-14)12-18-10-4-5-11-18/h6-9H,4-5,10-12H2,1-3H3,(H,17,19). The summed E-state index contributed by atoms with van der Waals surface area (Å²) in [6.45, 7) is 9.21. The zero-order valence-electron chi connectivity index (χ0n) is 12.2. The zero-order chi connectivity index (χ0) is 13.9. The summed E-state index contributed by atoms with van der Waals surface area (Å²) in [6, 6.07) is 8.21. The van der Waals surface area contributed by atoms with Gasteiger partial charge < -0.3 is 5.32 Å². The molecule has 19 heavy (non-hydrogen) atoms. The Hall–Kier alpha value is -1.35. The van der Waals surface area contributed by atoms with Crippen molar-refractivity contribution in [1.29, 1.82) is 0 Å². The third kappa shape index (κ3) is 4.06. The number of hydrogen-bond donors (Lipinski definition) is 1. The van der Waals surface area contributed by atoms with Gasteiger partial charge in [-0.3, -0.25) is 9.69 Å². The first-order chi connectivity index (χ1) is 8.95. The molecular weight excluding hydrogens is 236 g/mol. The van der Waals surface area contributed by atoms with Gasteiger partial charge in [-0.05, 0) is 43.6 Å². The van der Waals surface area contributed by atoms with Crippen molar-refractivity contribution < 1.29 is 4.79 Å². The molecule has 1 fully saturated rings. The maximum Gasteiger partial charge on any atom is 0.229 e. The summed E-state index contributed by atoms with van der Waals surface area (Å²) in [5, 5.41) is 2.95. The molecule has 1 aliphatic heterocycles. The first-order valence-electron chi connectivity index (χ1n) is 7.08. The van der Waals surface area contributed by atoms with Gasteiger partial charge >= 0.3 is 0 Å². The summed E-state index contributed by atoms with van der Waals surface area (Å²) in [6.07, 6.45) is 2.64. The molecule has 0 unspecified atom stereocenters. The summed E-state index contributed by atoms with van der Waals surface area (Å²) in [7, 11) is 0. The van der Waals surface area contributed by atoms with Gasteiger partial charge in [0.2, 0.25) is 5.91 Å². The molecule has 1 saturated heterocycles. The molecule has 0 bridgehead atoms. The Kier molecular flexibility index (Phi) is 4.25. The number of carbonyl (C=O) groups excluding carboxylic acids is 1. The number of benzene rings is 1. The van der Waals surface area contributed by atoms with Crippen LogP contribution in [0.15, 0.2) is 24.3 Å². The highest BCUT2D eigenvalue weighted by molar-refractivity contribution is 5.94. The monoisotopic (exact) mass is 260 g/mol. The van der Waals surface area contributed by atoms with E-state index in [2.05, 4.69) is 22.3 Å². The fourth-order valence-electron chi connectivity index (χ4n) is 2.21. The largest absolute Gasteiger partial charge is 0.326 e. The average molecular weight is 260 g/mol. The molecule has 0 radical (unpaired) electrons. The number of nitrogens with one attached hydrogen (secondary N) is 1. The minimum absolute atomic E-state index is 0.0554. The second-order valence-corrected chi connectivity index (χ2v) is 6.38. The van der Waals surface area contributed by atoms with Gasteiger partial charge in [-0.1, -0.05) is 32.9 Å². The highest BCUT2D eigenvalue weighted by atomic mass is 16.2. The molecular formula is C16H24N2O. The summed E-state index contributed by atoms with van der Waals surface area (Å²) < 4.78 is 0. The minimum Gasteiger partial charge on any atom is -0.326 e. The third-order valence-electron chi connectivity index (χ3n) is 3.50. The van der Waals surface area contributed by atoms with E-state index in [0.717, 1.165) is 12.2 Å². The predicted octanol–water partition coefficient (Wildman–Crippen LogP) is 3.27. The molecule has 1 heterocycles. The fourth-order valence-corrected chi connectivity index (χ4v) is 2.21. The van der Waals surface area contributed by atoms with Crippen LogP contribution in [-0.2, 0) is 11.3 Å². The number of nitrogens with zero attached hydrogens (tertiary/aromatic N) is 1. The van der Waals surface area contributed by atoms with E-state index in [-0.39, 0.29) is 11.3 Å². The Morgan fingerprint density at radius 1 is 1.16 bits per heavy atom. The van der Waals surface area contributed by atoms with Gasteiger partial charge in [0.1, 0.15) is 0 Å². The van der Waals surface area contributed by atoms with Crippen molar-refractivity contribution in [2.24, 2.45) is 5.41 Å². The van der Waals surface area contributed by atoms with E-state index in [1.807, 2.05) is 32.9 Å². The highest BCUT2D eigenvalue weighted by Gasteiger charge is 2.21. The van der Waals surface area contributed by atoms with Crippen LogP contribution in [-0.4, -0.2) is 23.9 Å². The molecule has 1 aromatic rings. The molecule has 3 nitrogen and oxygen atoms in total. The molecule has 0 spiro atoms. The van der Waals surface area contributed by atoms with E-state index < -0.39 is 0 Å². The Bertz CT molecular complexity index is 425. The van der Waals surface area contributed by atoms with E-state index in [9.17, 15) is 4.79 Å². The van der Waals surface area contributed by atoms with Gasteiger partial charge in [-0.15, -0.1) is 0 Å². The quantitative estimate of drug-likeness (QED) is 0.904. The fraction of sp³-hybridized carbons (Fsp3) is 0.562. The normalized spacial score (nSPS) is 16.6. The van der Waals surface area contributed by atoms with Gasteiger partial charge in [0.25, 0.3) is 0 Å². The van der Waals surface area contributed by atoms with Crippen molar-refractivity contribution in [3.8, 4) is 0 Å². The Balaban J connectivity index is 1.92. The predicted molar refractivity (Wildman–Crippen MR) is 79.0 cm³/mol. The van der Waals surface area contributed by atoms with Crippen molar-refractivity contribution >= 4 is 11.6 Å². The van der Waals surface area contributed by atoms with E-state index in [1.165, 1.54) is 31.5 Å². The van der Waals surface area contributed by atoms with Crippen molar-refractivity contribution in [2.45, 2.75) is 40.2 Å². The molecule has 3 heteroatoms. The molecule has 104 valence electrons. The van der Waals surface area contributed by atoms with Crippen LogP contribution in [0.5, 0.6) is 0 Å². The minimum atomic E-state index is -0.353. The lowest BCUT2D eigenvalue weighted by atomic mass is 9.95. The van der Waals surface area contributed by atoms with Crippen LogP contribution in [0.1, 0.15) is 39.2 Å². The lowest BCUT2D eigenvalue weighted by Crippen LogP contribution is -2.27.